The molecule has 1 rings (SSSR count). The summed E-state index contributed by atoms with van der Waals surface area (Å²) in [6.07, 6.45) is 0. The summed E-state index contributed by atoms with van der Waals surface area (Å²) in [5.74, 6) is 0. The van der Waals surface area contributed by atoms with Crippen LogP contribution in [0.3, 0.4) is 0 Å². The summed E-state index contributed by atoms with van der Waals surface area (Å²) in [5.41, 5.74) is 2.33. The number of benzene rings is 1. The second kappa shape index (κ2) is 6.75. The second-order valence-electron chi connectivity index (χ2n) is 2.61. The minimum Gasteiger partial charge on any atom is -1.00 e. The van der Waals surface area contributed by atoms with Crippen LogP contribution in [0, 0.1) is 13.0 Å². The average molecular weight is 238 g/mol. The summed E-state index contributed by atoms with van der Waals surface area (Å²) in [6.45, 7) is 2.05. The molecule has 0 aliphatic carbocycles. The van der Waals surface area contributed by atoms with E-state index in [4.69, 9.17) is 0 Å². The first-order valence-corrected chi connectivity index (χ1v) is 3.36. The van der Waals surface area contributed by atoms with Crippen molar-refractivity contribution in [2.45, 2.75) is 6.92 Å². The summed E-state index contributed by atoms with van der Waals surface area (Å²) in [5, 5.41) is 0. The molecule has 0 saturated heterocycles. The third-order valence-electron chi connectivity index (χ3n) is 1.41. The van der Waals surface area contributed by atoms with E-state index in [9.17, 15) is 0 Å². The van der Waals surface area contributed by atoms with E-state index in [0.717, 1.165) is 5.69 Å². The van der Waals surface area contributed by atoms with Crippen molar-refractivity contribution in [2.75, 3.05) is 19.0 Å². The minimum atomic E-state index is 0. The quantitative estimate of drug-likeness (QED) is 0.424. The van der Waals surface area contributed by atoms with Crippen LogP contribution in [0.5, 0.6) is 0 Å². The van der Waals surface area contributed by atoms with Gasteiger partial charge in [-0.15, -0.1) is 6.07 Å². The normalized spacial score (nSPS) is 7.92. The fourth-order valence-corrected chi connectivity index (χ4v) is 0.830. The largest absolute Gasteiger partial charge is 2.00 e. The molecule has 12 heavy (non-hydrogen) atoms. The van der Waals surface area contributed by atoms with E-state index < -0.39 is 0 Å². The minimum absolute atomic E-state index is 0. The predicted molar refractivity (Wildman–Crippen MR) is 50.1 cm³/mol. The first-order valence-electron chi connectivity index (χ1n) is 3.36. The van der Waals surface area contributed by atoms with Crippen LogP contribution in [0.25, 0.3) is 0 Å². The summed E-state index contributed by atoms with van der Waals surface area (Å²) >= 11 is 0. The van der Waals surface area contributed by atoms with E-state index in [1.165, 1.54) is 5.56 Å². The third-order valence-corrected chi connectivity index (χ3v) is 1.41. The summed E-state index contributed by atoms with van der Waals surface area (Å²) in [7, 11) is 4.04. The van der Waals surface area contributed by atoms with Gasteiger partial charge in [-0.05, 0) is 0 Å². The van der Waals surface area contributed by atoms with Gasteiger partial charge >= 0.3 is 23.1 Å². The van der Waals surface area contributed by atoms with Gasteiger partial charge in [0.15, 0.2) is 0 Å². The smallest absolute Gasteiger partial charge is 1.00 e. The van der Waals surface area contributed by atoms with E-state index in [1.807, 2.05) is 44.1 Å². The Bertz CT molecular complexity index is 226. The maximum absolute atomic E-state index is 3.23. The number of hydrogen-bond donors (Lipinski definition) is 0. The Kier molecular flexibility index (Phi) is 8.31. The number of nitrogens with zero attached hydrogens (tertiary/aromatic N) is 1. The number of halogens is 1. The Morgan fingerprint density at radius 1 is 1.25 bits per heavy atom. The van der Waals surface area contributed by atoms with E-state index >= 15 is 0 Å². The fourth-order valence-electron chi connectivity index (χ4n) is 0.830. The maximum atomic E-state index is 3.23. The van der Waals surface area contributed by atoms with Crippen LogP contribution in [0.15, 0.2) is 18.2 Å². The van der Waals surface area contributed by atoms with Gasteiger partial charge in [-0.25, -0.2) is 0 Å². The molecule has 0 fully saturated rings. The van der Waals surface area contributed by atoms with E-state index in [2.05, 4.69) is 6.07 Å². The third kappa shape index (κ3) is 4.33. The van der Waals surface area contributed by atoms with Crippen molar-refractivity contribution in [2.24, 2.45) is 0 Å². The van der Waals surface area contributed by atoms with Gasteiger partial charge in [0.05, 0.1) is 0 Å². The monoisotopic (exact) mass is 237 g/mol. The molecular weight excluding hydrogens is 226 g/mol. The van der Waals surface area contributed by atoms with E-state index in [-0.39, 0.29) is 40.0 Å². The van der Waals surface area contributed by atoms with Gasteiger partial charge in [0, 0.05) is 14.1 Å². The van der Waals surface area contributed by atoms with E-state index in [0.29, 0.717) is 0 Å². The molecule has 0 aromatic heterocycles. The Hall–Kier alpha value is 0.266. The Morgan fingerprint density at radius 3 is 2.17 bits per heavy atom. The molecule has 0 amide bonds. The molecule has 0 N–H and O–H groups in total. The van der Waals surface area contributed by atoms with Crippen LogP contribution < -0.4 is 21.9 Å². The predicted octanol–water partition coefficient (Wildman–Crippen LogP) is -1.52. The van der Waals surface area contributed by atoms with Gasteiger partial charge < -0.3 is 21.9 Å². The van der Waals surface area contributed by atoms with Crippen molar-refractivity contribution >= 4 is 28.7 Å². The first-order chi connectivity index (χ1) is 4.70. The molecule has 1 aromatic rings. The molecule has 1 aromatic carbocycles. The zero-order valence-electron chi connectivity index (χ0n) is 7.76. The Labute approximate surface area is 101 Å². The summed E-state index contributed by atoms with van der Waals surface area (Å²) in [6, 6.07) is 9.37. The Balaban J connectivity index is 0. The van der Waals surface area contributed by atoms with Crippen molar-refractivity contribution in [1.29, 1.82) is 0 Å². The zero-order chi connectivity index (χ0) is 7.56. The molecule has 3 heteroatoms. The number of anilines is 1. The molecular formula is C9H12BrMgN. The molecule has 0 aliphatic rings. The molecule has 62 valence electrons. The molecule has 0 bridgehead atoms. The molecule has 0 aliphatic heterocycles. The Morgan fingerprint density at radius 2 is 1.83 bits per heavy atom. The fraction of sp³-hybridized carbons (Fsp3) is 0.333. The average Bonchev–Trinajstić information content (AvgIpc) is 1.88. The van der Waals surface area contributed by atoms with Gasteiger partial charge in [-0.3, -0.25) is 0 Å². The van der Waals surface area contributed by atoms with Gasteiger partial charge in [0.2, 0.25) is 0 Å². The van der Waals surface area contributed by atoms with Crippen LogP contribution in [-0.2, 0) is 0 Å². The van der Waals surface area contributed by atoms with Gasteiger partial charge in [-0.2, -0.15) is 23.8 Å². The molecule has 0 saturated carbocycles. The number of aryl methyl sites for hydroxylation is 1. The molecule has 0 radical (unpaired) electrons. The van der Waals surface area contributed by atoms with Crippen LogP contribution in [0.4, 0.5) is 5.69 Å². The topological polar surface area (TPSA) is 3.24 Å². The first kappa shape index (κ1) is 14.8. The maximum Gasteiger partial charge on any atom is 2.00 e. The van der Waals surface area contributed by atoms with Crippen molar-refractivity contribution in [3.05, 3.63) is 29.8 Å². The summed E-state index contributed by atoms with van der Waals surface area (Å²) in [4.78, 5) is 2.05. The summed E-state index contributed by atoms with van der Waals surface area (Å²) < 4.78 is 0. The van der Waals surface area contributed by atoms with Gasteiger partial charge in [-0.1, -0.05) is 12.6 Å². The van der Waals surface area contributed by atoms with Crippen LogP contribution in [-0.4, -0.2) is 37.1 Å². The van der Waals surface area contributed by atoms with Crippen LogP contribution in [0.2, 0.25) is 0 Å². The van der Waals surface area contributed by atoms with Crippen LogP contribution >= 0.6 is 0 Å². The van der Waals surface area contributed by atoms with E-state index in [1.54, 1.807) is 0 Å². The number of hydrogen-bond acceptors (Lipinski definition) is 1. The molecule has 0 unspecified atom stereocenters. The van der Waals surface area contributed by atoms with Crippen molar-refractivity contribution in [3.8, 4) is 0 Å². The SMILES string of the molecule is Cc1[c-]c(N(C)C)ccc1.[Br-].[Mg+2]. The number of rotatable bonds is 1. The molecule has 0 heterocycles. The van der Waals surface area contributed by atoms with Gasteiger partial charge in [0.1, 0.15) is 0 Å². The van der Waals surface area contributed by atoms with Crippen molar-refractivity contribution in [1.82, 2.24) is 0 Å². The standard InChI is InChI=1S/C9H12N.BrH.Mg/c1-8-5-4-6-9(7-8)10(2)3;;/h4-6H,1-3H3;1H;/q-1;;+2/p-1. The molecule has 1 nitrogen and oxygen atoms in total. The zero-order valence-corrected chi connectivity index (χ0v) is 10.8. The second-order valence-corrected chi connectivity index (χ2v) is 2.61. The molecule has 0 spiro atoms. The van der Waals surface area contributed by atoms with Crippen molar-refractivity contribution < 1.29 is 17.0 Å². The van der Waals surface area contributed by atoms with Crippen LogP contribution in [0.1, 0.15) is 5.56 Å². The van der Waals surface area contributed by atoms with Gasteiger partial charge in [0.25, 0.3) is 0 Å². The molecule has 0 atom stereocenters. The van der Waals surface area contributed by atoms with Crippen molar-refractivity contribution in [3.63, 3.8) is 0 Å².